The lowest BCUT2D eigenvalue weighted by molar-refractivity contribution is -0.131. The van der Waals surface area contributed by atoms with Crippen LogP contribution in [-0.4, -0.2) is 40.4 Å². The van der Waals surface area contributed by atoms with E-state index in [-0.39, 0.29) is 30.7 Å². The fraction of sp³-hybridized carbons (Fsp3) is 0.438. The van der Waals surface area contributed by atoms with Gasteiger partial charge in [0.1, 0.15) is 5.01 Å². The molecule has 1 amide bonds. The Hall–Kier alpha value is -1.21. The molecule has 1 saturated heterocycles. The van der Waals surface area contributed by atoms with Gasteiger partial charge < -0.3 is 10.6 Å². The van der Waals surface area contributed by atoms with Crippen LogP contribution in [0.5, 0.6) is 0 Å². The number of nitrogens with zero attached hydrogens (tertiary/aromatic N) is 3. The van der Waals surface area contributed by atoms with Gasteiger partial charge in [-0.3, -0.25) is 9.78 Å². The quantitative estimate of drug-likeness (QED) is 0.873. The molecule has 2 N–H and O–H groups in total. The zero-order valence-electron chi connectivity index (χ0n) is 13.3. The van der Waals surface area contributed by atoms with Crippen LogP contribution in [0, 0.1) is 5.92 Å². The van der Waals surface area contributed by atoms with E-state index in [1.54, 1.807) is 23.7 Å². The highest BCUT2D eigenvalue weighted by Crippen LogP contribution is 2.23. The Labute approximate surface area is 158 Å². The fourth-order valence-corrected chi connectivity index (χ4v) is 3.51. The van der Waals surface area contributed by atoms with Crippen molar-refractivity contribution < 1.29 is 4.79 Å². The number of carbonyl (C=O) groups excluding carboxylic acids is 1. The fourth-order valence-electron chi connectivity index (χ4n) is 2.69. The molecule has 1 fully saturated rings. The van der Waals surface area contributed by atoms with Crippen molar-refractivity contribution in [2.45, 2.75) is 19.3 Å². The van der Waals surface area contributed by atoms with Gasteiger partial charge in [-0.15, -0.1) is 36.2 Å². The summed E-state index contributed by atoms with van der Waals surface area (Å²) < 4.78 is 0. The lowest BCUT2D eigenvalue weighted by atomic mass is 9.97. The van der Waals surface area contributed by atoms with E-state index in [1.807, 2.05) is 22.4 Å². The van der Waals surface area contributed by atoms with Gasteiger partial charge in [-0.2, -0.15) is 0 Å². The van der Waals surface area contributed by atoms with Crippen LogP contribution >= 0.6 is 36.2 Å². The van der Waals surface area contributed by atoms with E-state index in [1.165, 1.54) is 0 Å². The summed E-state index contributed by atoms with van der Waals surface area (Å²) >= 11 is 1.56. The first-order valence-corrected chi connectivity index (χ1v) is 8.47. The third-order valence-electron chi connectivity index (χ3n) is 4.09. The Kier molecular flexibility index (Phi) is 8.62. The molecule has 2 aromatic heterocycles. The first kappa shape index (κ1) is 20.8. The SMILES string of the molecule is Cl.Cl.NCC1CCN(C(=O)Cc2csc(-c3cccnc3)n2)CC1. The van der Waals surface area contributed by atoms with Crippen LogP contribution in [0.25, 0.3) is 10.6 Å². The first-order chi connectivity index (χ1) is 10.8. The van der Waals surface area contributed by atoms with Gasteiger partial charge >= 0.3 is 0 Å². The molecule has 0 unspecified atom stereocenters. The number of nitrogens with two attached hydrogens (primary N) is 1. The van der Waals surface area contributed by atoms with Crippen molar-refractivity contribution in [2.24, 2.45) is 11.7 Å². The van der Waals surface area contributed by atoms with Crippen LogP contribution in [0.2, 0.25) is 0 Å². The summed E-state index contributed by atoms with van der Waals surface area (Å²) in [7, 11) is 0. The number of aromatic nitrogens is 2. The van der Waals surface area contributed by atoms with E-state index in [2.05, 4.69) is 9.97 Å². The predicted octanol–water partition coefficient (Wildman–Crippen LogP) is 2.79. The van der Waals surface area contributed by atoms with Gasteiger partial charge in [0, 0.05) is 36.4 Å². The van der Waals surface area contributed by atoms with Crippen LogP contribution in [0.3, 0.4) is 0 Å². The number of carbonyl (C=O) groups is 1. The molecular weight excluding hydrogens is 367 g/mol. The summed E-state index contributed by atoms with van der Waals surface area (Å²) in [6, 6.07) is 3.87. The summed E-state index contributed by atoms with van der Waals surface area (Å²) in [4.78, 5) is 23.0. The minimum absolute atomic E-state index is 0. The van der Waals surface area contributed by atoms with Crippen LogP contribution in [-0.2, 0) is 11.2 Å². The molecule has 8 heteroatoms. The standard InChI is InChI=1S/C16H20N4OS.2ClH/c17-9-12-3-6-20(7-4-12)15(21)8-14-11-22-16(19-14)13-2-1-5-18-10-13;;/h1-2,5,10-12H,3-4,6-9,17H2;2*1H. The molecule has 0 bridgehead atoms. The van der Waals surface area contributed by atoms with E-state index in [0.717, 1.165) is 48.7 Å². The molecule has 0 atom stereocenters. The van der Waals surface area contributed by atoms with E-state index in [9.17, 15) is 4.79 Å². The number of likely N-dealkylation sites (tertiary alicyclic amines) is 1. The highest BCUT2D eigenvalue weighted by Gasteiger charge is 2.22. The predicted molar refractivity (Wildman–Crippen MR) is 102 cm³/mol. The number of amides is 1. The number of hydrogen-bond donors (Lipinski definition) is 1. The number of hydrogen-bond acceptors (Lipinski definition) is 5. The monoisotopic (exact) mass is 388 g/mol. The van der Waals surface area contributed by atoms with Gasteiger partial charge in [0.2, 0.25) is 5.91 Å². The number of piperidine rings is 1. The third-order valence-corrected chi connectivity index (χ3v) is 5.03. The van der Waals surface area contributed by atoms with E-state index in [4.69, 9.17) is 5.73 Å². The summed E-state index contributed by atoms with van der Waals surface area (Å²) in [6.07, 6.45) is 5.94. The molecule has 0 aliphatic carbocycles. The van der Waals surface area contributed by atoms with E-state index in [0.29, 0.717) is 12.3 Å². The number of halogens is 2. The second-order valence-electron chi connectivity index (χ2n) is 5.62. The van der Waals surface area contributed by atoms with Crippen LogP contribution in [0.4, 0.5) is 0 Å². The average Bonchev–Trinajstić information content (AvgIpc) is 3.04. The summed E-state index contributed by atoms with van der Waals surface area (Å²) in [6.45, 7) is 2.36. The van der Waals surface area contributed by atoms with Crippen LogP contribution < -0.4 is 5.73 Å². The molecule has 24 heavy (non-hydrogen) atoms. The topological polar surface area (TPSA) is 72.1 Å². The van der Waals surface area contributed by atoms with Gasteiger partial charge in [-0.1, -0.05) is 0 Å². The first-order valence-electron chi connectivity index (χ1n) is 7.59. The maximum atomic E-state index is 12.4. The van der Waals surface area contributed by atoms with Gasteiger partial charge in [0.15, 0.2) is 0 Å². The van der Waals surface area contributed by atoms with Crippen molar-refractivity contribution in [3.8, 4) is 10.6 Å². The number of rotatable bonds is 4. The van der Waals surface area contributed by atoms with Gasteiger partial charge in [0.05, 0.1) is 12.1 Å². The Morgan fingerprint density at radius 3 is 2.71 bits per heavy atom. The minimum Gasteiger partial charge on any atom is -0.342 e. The average molecular weight is 389 g/mol. The molecule has 0 aromatic carbocycles. The molecule has 0 spiro atoms. The zero-order chi connectivity index (χ0) is 15.4. The maximum absolute atomic E-state index is 12.4. The minimum atomic E-state index is 0. The van der Waals surface area contributed by atoms with Crippen LogP contribution in [0.1, 0.15) is 18.5 Å². The molecule has 1 aliphatic rings. The molecule has 0 radical (unpaired) electrons. The van der Waals surface area contributed by atoms with Crippen molar-refractivity contribution in [3.63, 3.8) is 0 Å². The molecule has 1 aliphatic heterocycles. The molecule has 2 aromatic rings. The summed E-state index contributed by atoms with van der Waals surface area (Å²) in [5, 5.41) is 2.88. The highest BCUT2D eigenvalue weighted by molar-refractivity contribution is 7.13. The molecule has 0 saturated carbocycles. The third kappa shape index (κ3) is 5.14. The van der Waals surface area contributed by atoms with Crippen molar-refractivity contribution >= 4 is 42.1 Å². The number of thiazole rings is 1. The molecular formula is C16H22Cl2N4OS. The molecule has 3 heterocycles. The maximum Gasteiger partial charge on any atom is 0.228 e. The Bertz CT molecular complexity index is 630. The lowest BCUT2D eigenvalue weighted by Gasteiger charge is -2.31. The Morgan fingerprint density at radius 1 is 1.33 bits per heavy atom. The highest BCUT2D eigenvalue weighted by atomic mass is 35.5. The lowest BCUT2D eigenvalue weighted by Crippen LogP contribution is -2.40. The van der Waals surface area contributed by atoms with Crippen molar-refractivity contribution in [2.75, 3.05) is 19.6 Å². The second kappa shape index (κ2) is 9.93. The van der Waals surface area contributed by atoms with Gasteiger partial charge in [-0.25, -0.2) is 4.98 Å². The largest absolute Gasteiger partial charge is 0.342 e. The van der Waals surface area contributed by atoms with Gasteiger partial charge in [0.25, 0.3) is 0 Å². The summed E-state index contributed by atoms with van der Waals surface area (Å²) in [5.74, 6) is 0.735. The normalized spacial score (nSPS) is 14.6. The van der Waals surface area contributed by atoms with Crippen molar-refractivity contribution in [1.29, 1.82) is 0 Å². The number of pyridine rings is 1. The van der Waals surface area contributed by atoms with E-state index >= 15 is 0 Å². The van der Waals surface area contributed by atoms with Crippen molar-refractivity contribution in [1.82, 2.24) is 14.9 Å². The second-order valence-corrected chi connectivity index (χ2v) is 6.48. The molecule has 132 valence electrons. The summed E-state index contributed by atoms with van der Waals surface area (Å²) in [5.41, 5.74) is 7.53. The van der Waals surface area contributed by atoms with E-state index < -0.39 is 0 Å². The van der Waals surface area contributed by atoms with Crippen LogP contribution in [0.15, 0.2) is 29.9 Å². The Morgan fingerprint density at radius 2 is 2.08 bits per heavy atom. The molecule has 5 nitrogen and oxygen atoms in total. The smallest absolute Gasteiger partial charge is 0.228 e. The van der Waals surface area contributed by atoms with Gasteiger partial charge in [-0.05, 0) is 37.4 Å². The molecule has 3 rings (SSSR count). The van der Waals surface area contributed by atoms with Crippen molar-refractivity contribution in [3.05, 3.63) is 35.6 Å². The Balaban J connectivity index is 0.00000144. The zero-order valence-corrected chi connectivity index (χ0v) is 15.7.